The predicted octanol–water partition coefficient (Wildman–Crippen LogP) is -0.892. The molecule has 0 aliphatic carbocycles. The largest absolute Gasteiger partial charge is 0.380 e. The van der Waals surface area contributed by atoms with E-state index < -0.39 is 11.9 Å². The lowest BCUT2D eigenvalue weighted by molar-refractivity contribution is -0.135. The van der Waals surface area contributed by atoms with Gasteiger partial charge in [-0.1, -0.05) is 0 Å². The SMILES string of the molecule is CO[C@@H]1C[C@@H](C(N)=O)N(C(C)=O)C1. The van der Waals surface area contributed by atoms with Crippen LogP contribution in [0, 0.1) is 0 Å². The first-order valence-electron chi connectivity index (χ1n) is 4.15. The van der Waals surface area contributed by atoms with Crippen LogP contribution in [0.2, 0.25) is 0 Å². The van der Waals surface area contributed by atoms with Crippen LogP contribution in [0.15, 0.2) is 0 Å². The molecule has 0 bridgehead atoms. The average molecular weight is 186 g/mol. The summed E-state index contributed by atoms with van der Waals surface area (Å²) in [5, 5.41) is 0. The standard InChI is InChI=1S/C8H14N2O3/c1-5(11)10-4-6(13-2)3-7(10)8(9)12/h6-7H,3-4H2,1-2H3,(H2,9,12)/t6-,7+/m1/s1. The van der Waals surface area contributed by atoms with Crippen molar-refractivity contribution in [3.05, 3.63) is 0 Å². The van der Waals surface area contributed by atoms with E-state index in [-0.39, 0.29) is 12.0 Å². The van der Waals surface area contributed by atoms with Crippen LogP contribution in [0.3, 0.4) is 0 Å². The van der Waals surface area contributed by atoms with Crippen molar-refractivity contribution in [3.8, 4) is 0 Å². The van der Waals surface area contributed by atoms with Gasteiger partial charge in [0.05, 0.1) is 6.10 Å². The Morgan fingerprint density at radius 2 is 2.15 bits per heavy atom. The van der Waals surface area contributed by atoms with Gasteiger partial charge in [-0.3, -0.25) is 9.59 Å². The topological polar surface area (TPSA) is 72.6 Å². The molecule has 13 heavy (non-hydrogen) atoms. The summed E-state index contributed by atoms with van der Waals surface area (Å²) in [6, 6.07) is -0.498. The van der Waals surface area contributed by atoms with E-state index in [1.54, 1.807) is 7.11 Å². The molecule has 1 heterocycles. The van der Waals surface area contributed by atoms with Crippen LogP contribution < -0.4 is 5.73 Å². The molecule has 0 aromatic carbocycles. The fourth-order valence-electron chi connectivity index (χ4n) is 1.59. The molecular weight excluding hydrogens is 172 g/mol. The van der Waals surface area contributed by atoms with Crippen LogP contribution >= 0.6 is 0 Å². The Morgan fingerprint density at radius 3 is 2.46 bits per heavy atom. The molecule has 5 nitrogen and oxygen atoms in total. The normalized spacial score (nSPS) is 27.7. The number of hydrogen-bond donors (Lipinski definition) is 1. The highest BCUT2D eigenvalue weighted by atomic mass is 16.5. The molecule has 1 fully saturated rings. The summed E-state index contributed by atoms with van der Waals surface area (Å²) in [6.45, 7) is 1.88. The van der Waals surface area contributed by atoms with Gasteiger partial charge in [0.25, 0.3) is 0 Å². The molecule has 0 aromatic rings. The summed E-state index contributed by atoms with van der Waals surface area (Å²) in [4.78, 5) is 23.5. The molecule has 0 unspecified atom stereocenters. The zero-order valence-corrected chi connectivity index (χ0v) is 7.82. The van der Waals surface area contributed by atoms with Gasteiger partial charge in [-0.05, 0) is 0 Å². The fraction of sp³-hybridized carbons (Fsp3) is 0.750. The summed E-state index contributed by atoms with van der Waals surface area (Å²) in [7, 11) is 1.56. The molecule has 2 amide bonds. The van der Waals surface area contributed by atoms with Crippen molar-refractivity contribution in [3.63, 3.8) is 0 Å². The summed E-state index contributed by atoms with van der Waals surface area (Å²) in [6.07, 6.45) is 0.437. The third kappa shape index (κ3) is 1.98. The monoisotopic (exact) mass is 186 g/mol. The Hall–Kier alpha value is -1.10. The first-order valence-corrected chi connectivity index (χ1v) is 4.15. The zero-order valence-electron chi connectivity index (χ0n) is 7.82. The molecule has 0 spiro atoms. The molecule has 1 aliphatic rings. The summed E-state index contributed by atoms with van der Waals surface area (Å²) in [5.74, 6) is -0.599. The van der Waals surface area contributed by atoms with Crippen LogP contribution in [-0.4, -0.2) is 42.5 Å². The minimum atomic E-state index is -0.498. The number of carbonyl (C=O) groups excluding carboxylic acids is 2. The van der Waals surface area contributed by atoms with E-state index in [1.165, 1.54) is 11.8 Å². The number of hydrogen-bond acceptors (Lipinski definition) is 3. The van der Waals surface area contributed by atoms with Gasteiger partial charge >= 0.3 is 0 Å². The van der Waals surface area contributed by atoms with Gasteiger partial charge in [0, 0.05) is 27.0 Å². The maximum absolute atomic E-state index is 11.1. The minimum Gasteiger partial charge on any atom is -0.380 e. The molecule has 1 saturated heterocycles. The number of carbonyl (C=O) groups is 2. The maximum Gasteiger partial charge on any atom is 0.240 e. The van der Waals surface area contributed by atoms with Gasteiger partial charge in [0.1, 0.15) is 6.04 Å². The van der Waals surface area contributed by atoms with E-state index in [0.29, 0.717) is 13.0 Å². The van der Waals surface area contributed by atoms with Crippen LogP contribution in [0.4, 0.5) is 0 Å². The quantitative estimate of drug-likeness (QED) is 0.608. The maximum atomic E-state index is 11.1. The third-order valence-electron chi connectivity index (χ3n) is 2.33. The lowest BCUT2D eigenvalue weighted by atomic mass is 10.2. The van der Waals surface area contributed by atoms with Gasteiger partial charge in [0.2, 0.25) is 11.8 Å². The summed E-state index contributed by atoms with van der Waals surface area (Å²) < 4.78 is 5.07. The number of nitrogens with two attached hydrogens (primary N) is 1. The number of nitrogens with zero attached hydrogens (tertiary/aromatic N) is 1. The van der Waals surface area contributed by atoms with E-state index in [0.717, 1.165) is 0 Å². The van der Waals surface area contributed by atoms with Gasteiger partial charge in [-0.25, -0.2) is 0 Å². The highest BCUT2D eigenvalue weighted by molar-refractivity contribution is 5.86. The number of likely N-dealkylation sites (tertiary alicyclic amines) is 1. The van der Waals surface area contributed by atoms with Crippen molar-refractivity contribution < 1.29 is 14.3 Å². The van der Waals surface area contributed by atoms with Gasteiger partial charge in [0.15, 0.2) is 0 Å². The first kappa shape index (κ1) is 9.98. The zero-order chi connectivity index (χ0) is 10.0. The minimum absolute atomic E-state index is 0.0681. The summed E-state index contributed by atoms with van der Waals surface area (Å²) >= 11 is 0. The van der Waals surface area contributed by atoms with Gasteiger partial charge < -0.3 is 15.4 Å². The van der Waals surface area contributed by atoms with Gasteiger partial charge in [-0.2, -0.15) is 0 Å². The Kier molecular flexibility index (Phi) is 2.87. The van der Waals surface area contributed by atoms with Crippen molar-refractivity contribution in [1.29, 1.82) is 0 Å². The van der Waals surface area contributed by atoms with Crippen molar-refractivity contribution in [2.45, 2.75) is 25.5 Å². The first-order chi connectivity index (χ1) is 6.06. The average Bonchev–Trinajstić information content (AvgIpc) is 2.47. The molecule has 0 aromatic heterocycles. The highest BCUT2D eigenvalue weighted by Gasteiger charge is 2.36. The number of amides is 2. The molecule has 5 heteroatoms. The third-order valence-corrected chi connectivity index (χ3v) is 2.33. The molecule has 1 rings (SSSR count). The van der Waals surface area contributed by atoms with E-state index in [9.17, 15) is 9.59 Å². The van der Waals surface area contributed by atoms with Crippen molar-refractivity contribution in [1.82, 2.24) is 4.90 Å². The van der Waals surface area contributed by atoms with Crippen LogP contribution in [0.5, 0.6) is 0 Å². The number of methoxy groups -OCH3 is 1. The molecule has 74 valence electrons. The van der Waals surface area contributed by atoms with Crippen LogP contribution in [0.1, 0.15) is 13.3 Å². The fourth-order valence-corrected chi connectivity index (χ4v) is 1.59. The number of primary amides is 1. The Balaban J connectivity index is 2.71. The molecule has 2 atom stereocenters. The van der Waals surface area contributed by atoms with E-state index in [4.69, 9.17) is 10.5 Å². The predicted molar refractivity (Wildman–Crippen MR) is 45.8 cm³/mol. The molecule has 1 aliphatic heterocycles. The van der Waals surface area contributed by atoms with Crippen LogP contribution in [-0.2, 0) is 14.3 Å². The Labute approximate surface area is 76.8 Å². The Bertz CT molecular complexity index is 207. The number of rotatable bonds is 2. The number of ether oxygens (including phenoxy) is 1. The van der Waals surface area contributed by atoms with E-state index in [2.05, 4.69) is 0 Å². The van der Waals surface area contributed by atoms with E-state index in [1.807, 2.05) is 0 Å². The molecular formula is C8H14N2O3. The molecule has 0 saturated carbocycles. The summed E-state index contributed by atoms with van der Waals surface area (Å²) in [5.41, 5.74) is 5.15. The van der Waals surface area contributed by atoms with Crippen LogP contribution in [0.25, 0.3) is 0 Å². The molecule has 0 radical (unpaired) electrons. The second-order valence-corrected chi connectivity index (χ2v) is 3.18. The smallest absolute Gasteiger partial charge is 0.240 e. The second-order valence-electron chi connectivity index (χ2n) is 3.18. The van der Waals surface area contributed by atoms with Gasteiger partial charge in [-0.15, -0.1) is 0 Å². The lowest BCUT2D eigenvalue weighted by Crippen LogP contribution is -2.42. The second kappa shape index (κ2) is 3.74. The van der Waals surface area contributed by atoms with Crippen molar-refractivity contribution >= 4 is 11.8 Å². The van der Waals surface area contributed by atoms with Crippen molar-refractivity contribution in [2.75, 3.05) is 13.7 Å². The Morgan fingerprint density at radius 1 is 1.54 bits per heavy atom. The highest BCUT2D eigenvalue weighted by Crippen LogP contribution is 2.19. The molecule has 2 N–H and O–H groups in total. The van der Waals surface area contributed by atoms with Crippen molar-refractivity contribution in [2.24, 2.45) is 5.73 Å². The lowest BCUT2D eigenvalue weighted by Gasteiger charge is -2.19. The van der Waals surface area contributed by atoms with E-state index >= 15 is 0 Å².